The zero-order chi connectivity index (χ0) is 18.5. The average Bonchev–Trinajstić information content (AvgIpc) is 3.12. The second-order valence-electron chi connectivity index (χ2n) is 6.01. The van der Waals surface area contributed by atoms with Crippen molar-refractivity contribution < 1.29 is 9.53 Å². The van der Waals surface area contributed by atoms with Crippen LogP contribution in [0.5, 0.6) is 5.75 Å². The van der Waals surface area contributed by atoms with Gasteiger partial charge in [-0.3, -0.25) is 4.79 Å². The van der Waals surface area contributed by atoms with Crippen LogP contribution in [0.25, 0.3) is 5.69 Å². The molecule has 0 aliphatic heterocycles. The highest BCUT2D eigenvalue weighted by molar-refractivity contribution is 6.32. The van der Waals surface area contributed by atoms with Gasteiger partial charge in [-0.15, -0.1) is 0 Å². The fraction of sp³-hybridized carbons (Fsp3) is 0.200. The van der Waals surface area contributed by atoms with Gasteiger partial charge in [-0.05, 0) is 31.2 Å². The number of nitrogens with zero attached hydrogens (tertiary/aromatic N) is 3. The first-order chi connectivity index (χ1) is 12.5. The number of hydrogen-bond acceptors (Lipinski definition) is 3. The van der Waals surface area contributed by atoms with Crippen LogP contribution in [0, 0.1) is 0 Å². The van der Waals surface area contributed by atoms with Crippen LogP contribution in [-0.2, 0) is 11.3 Å². The Morgan fingerprint density at radius 2 is 1.88 bits per heavy atom. The molecule has 0 spiro atoms. The average molecular weight is 370 g/mol. The molecule has 2 aromatic carbocycles. The third-order valence-corrected chi connectivity index (χ3v) is 4.25. The van der Waals surface area contributed by atoms with Crippen molar-refractivity contribution in [1.29, 1.82) is 0 Å². The number of benzene rings is 2. The van der Waals surface area contributed by atoms with Crippen LogP contribution < -0.4 is 4.74 Å². The number of carbonyl (C=O) groups is 1. The summed E-state index contributed by atoms with van der Waals surface area (Å²) >= 11 is 6.08. The van der Waals surface area contributed by atoms with Gasteiger partial charge < -0.3 is 9.64 Å². The molecule has 0 radical (unpaired) electrons. The van der Waals surface area contributed by atoms with Crippen LogP contribution in [-0.4, -0.2) is 33.7 Å². The Kier molecular flexibility index (Phi) is 5.58. The van der Waals surface area contributed by atoms with E-state index in [1.54, 1.807) is 41.9 Å². The molecule has 6 heteroatoms. The Bertz CT molecular complexity index is 880. The minimum atomic E-state index is -0.635. The molecule has 0 saturated carbocycles. The highest BCUT2D eigenvalue weighted by atomic mass is 35.5. The van der Waals surface area contributed by atoms with E-state index in [-0.39, 0.29) is 5.91 Å². The van der Waals surface area contributed by atoms with Gasteiger partial charge in [0.15, 0.2) is 6.10 Å². The van der Waals surface area contributed by atoms with Crippen molar-refractivity contribution in [3.05, 3.63) is 77.6 Å². The molecule has 0 bridgehead atoms. The molecule has 0 saturated heterocycles. The van der Waals surface area contributed by atoms with Crippen LogP contribution >= 0.6 is 11.6 Å². The van der Waals surface area contributed by atoms with Crippen molar-refractivity contribution in [1.82, 2.24) is 14.7 Å². The quantitative estimate of drug-likeness (QED) is 0.661. The topological polar surface area (TPSA) is 47.4 Å². The zero-order valence-electron chi connectivity index (χ0n) is 14.7. The molecule has 0 aliphatic carbocycles. The minimum Gasteiger partial charge on any atom is -0.479 e. The Morgan fingerprint density at radius 1 is 1.19 bits per heavy atom. The normalized spacial score (nSPS) is 11.8. The van der Waals surface area contributed by atoms with E-state index in [2.05, 4.69) is 5.10 Å². The summed E-state index contributed by atoms with van der Waals surface area (Å²) in [6, 6.07) is 16.9. The Labute approximate surface area is 157 Å². The SMILES string of the molecule is CC(Oc1ccccc1Cl)C(=O)N(C)Cc1cnn(-c2ccccc2)c1. The molecule has 0 aliphatic rings. The molecular formula is C20H20ClN3O2. The first-order valence-electron chi connectivity index (χ1n) is 8.29. The van der Waals surface area contributed by atoms with Gasteiger partial charge >= 0.3 is 0 Å². The molecule has 0 fully saturated rings. The Hall–Kier alpha value is -2.79. The van der Waals surface area contributed by atoms with Gasteiger partial charge in [-0.2, -0.15) is 5.10 Å². The maximum Gasteiger partial charge on any atom is 0.263 e. The van der Waals surface area contributed by atoms with Gasteiger partial charge in [0, 0.05) is 25.4 Å². The van der Waals surface area contributed by atoms with Gasteiger partial charge in [-0.1, -0.05) is 41.9 Å². The summed E-state index contributed by atoms with van der Waals surface area (Å²) in [7, 11) is 1.74. The van der Waals surface area contributed by atoms with Crippen LogP contribution in [0.4, 0.5) is 0 Å². The van der Waals surface area contributed by atoms with Gasteiger partial charge in [-0.25, -0.2) is 4.68 Å². The first kappa shape index (κ1) is 18.0. The minimum absolute atomic E-state index is 0.127. The molecule has 0 N–H and O–H groups in total. The first-order valence-corrected chi connectivity index (χ1v) is 8.67. The lowest BCUT2D eigenvalue weighted by Gasteiger charge is -2.22. The fourth-order valence-corrected chi connectivity index (χ4v) is 2.79. The number of carbonyl (C=O) groups excluding carboxylic acids is 1. The second-order valence-corrected chi connectivity index (χ2v) is 6.42. The highest BCUT2D eigenvalue weighted by Crippen LogP contribution is 2.24. The predicted molar refractivity (Wildman–Crippen MR) is 102 cm³/mol. The van der Waals surface area contributed by atoms with E-state index in [0.29, 0.717) is 17.3 Å². The van der Waals surface area contributed by atoms with Crippen molar-refractivity contribution in [3.63, 3.8) is 0 Å². The van der Waals surface area contributed by atoms with Crippen LogP contribution in [0.1, 0.15) is 12.5 Å². The maximum atomic E-state index is 12.6. The molecule has 1 amide bonds. The Balaban J connectivity index is 1.62. The van der Waals surface area contributed by atoms with E-state index in [1.807, 2.05) is 48.7 Å². The molecule has 134 valence electrons. The van der Waals surface area contributed by atoms with Crippen molar-refractivity contribution in [2.45, 2.75) is 19.6 Å². The van der Waals surface area contributed by atoms with Gasteiger partial charge in [0.05, 0.1) is 16.9 Å². The van der Waals surface area contributed by atoms with Crippen molar-refractivity contribution >= 4 is 17.5 Å². The van der Waals surface area contributed by atoms with E-state index >= 15 is 0 Å². The number of halogens is 1. The summed E-state index contributed by atoms with van der Waals surface area (Å²) in [6.45, 7) is 2.16. The summed E-state index contributed by atoms with van der Waals surface area (Å²) in [5.41, 5.74) is 1.91. The smallest absolute Gasteiger partial charge is 0.263 e. The second kappa shape index (κ2) is 8.06. The number of hydrogen-bond donors (Lipinski definition) is 0. The molecule has 1 unspecified atom stereocenters. The molecule has 1 atom stereocenters. The van der Waals surface area contributed by atoms with Gasteiger partial charge in [0.1, 0.15) is 5.75 Å². The number of rotatable bonds is 6. The van der Waals surface area contributed by atoms with E-state index < -0.39 is 6.10 Å². The number of likely N-dealkylation sites (N-methyl/N-ethyl adjacent to an activating group) is 1. The number of aromatic nitrogens is 2. The van der Waals surface area contributed by atoms with E-state index in [9.17, 15) is 4.79 Å². The predicted octanol–water partition coefficient (Wildman–Crippen LogP) is 3.95. The lowest BCUT2D eigenvalue weighted by molar-refractivity contribution is -0.137. The van der Waals surface area contributed by atoms with Gasteiger partial charge in [0.2, 0.25) is 0 Å². The fourth-order valence-electron chi connectivity index (χ4n) is 2.61. The Morgan fingerprint density at radius 3 is 2.62 bits per heavy atom. The van der Waals surface area contributed by atoms with Crippen molar-refractivity contribution in [2.75, 3.05) is 7.05 Å². The zero-order valence-corrected chi connectivity index (χ0v) is 15.4. The van der Waals surface area contributed by atoms with Crippen LogP contribution in [0.15, 0.2) is 67.0 Å². The summed E-state index contributed by atoms with van der Waals surface area (Å²) in [4.78, 5) is 14.2. The van der Waals surface area contributed by atoms with E-state index in [0.717, 1.165) is 11.3 Å². The molecule has 3 rings (SSSR count). The van der Waals surface area contributed by atoms with Crippen molar-refractivity contribution in [2.24, 2.45) is 0 Å². The number of amides is 1. The molecule has 5 nitrogen and oxygen atoms in total. The largest absolute Gasteiger partial charge is 0.479 e. The van der Waals surface area contributed by atoms with Crippen molar-refractivity contribution in [3.8, 4) is 11.4 Å². The summed E-state index contributed by atoms with van der Waals surface area (Å²) in [6.07, 6.45) is 3.04. The molecular weight excluding hydrogens is 350 g/mol. The van der Waals surface area contributed by atoms with Crippen LogP contribution in [0.2, 0.25) is 5.02 Å². The standard InChI is InChI=1S/C20H20ClN3O2/c1-15(26-19-11-7-6-10-18(19)21)20(25)23(2)13-16-12-22-24(14-16)17-8-4-3-5-9-17/h3-12,14-15H,13H2,1-2H3. The highest BCUT2D eigenvalue weighted by Gasteiger charge is 2.20. The molecule has 1 aromatic heterocycles. The molecule has 26 heavy (non-hydrogen) atoms. The number of para-hydroxylation sites is 2. The van der Waals surface area contributed by atoms with E-state index in [4.69, 9.17) is 16.3 Å². The number of ether oxygens (including phenoxy) is 1. The maximum absolute atomic E-state index is 12.6. The lowest BCUT2D eigenvalue weighted by Crippen LogP contribution is -2.37. The molecule has 3 aromatic rings. The summed E-state index contributed by atoms with van der Waals surface area (Å²) < 4.78 is 7.49. The lowest BCUT2D eigenvalue weighted by atomic mass is 10.3. The van der Waals surface area contributed by atoms with Crippen LogP contribution in [0.3, 0.4) is 0 Å². The monoisotopic (exact) mass is 369 g/mol. The third-order valence-electron chi connectivity index (χ3n) is 3.94. The summed E-state index contributed by atoms with van der Waals surface area (Å²) in [5.74, 6) is 0.373. The molecule has 1 heterocycles. The van der Waals surface area contributed by atoms with E-state index in [1.165, 1.54) is 0 Å². The van der Waals surface area contributed by atoms with Gasteiger partial charge in [0.25, 0.3) is 5.91 Å². The third kappa shape index (κ3) is 4.24. The summed E-state index contributed by atoms with van der Waals surface area (Å²) in [5, 5.41) is 4.84.